The minimum absolute atomic E-state index is 0. The van der Waals surface area contributed by atoms with Crippen molar-refractivity contribution in [2.45, 2.75) is 0 Å². The predicted molar refractivity (Wildman–Crippen MR) is 35.4 cm³/mol. The molecule has 0 aliphatic carbocycles. The summed E-state index contributed by atoms with van der Waals surface area (Å²) >= 11 is 0. The van der Waals surface area contributed by atoms with Crippen LogP contribution in [0.3, 0.4) is 0 Å². The maximum Gasteiger partial charge on any atom is 1.00 e. The first-order valence-corrected chi connectivity index (χ1v) is 3.84. The third kappa shape index (κ3) is 22.5. The Labute approximate surface area is 117 Å². The fraction of sp³-hybridized carbons (Fsp3) is 0. The van der Waals surface area contributed by atoms with Crippen LogP contribution in [0.5, 0.6) is 0 Å². The van der Waals surface area contributed by atoms with E-state index in [4.69, 9.17) is 14.4 Å². The van der Waals surface area contributed by atoms with Crippen molar-refractivity contribution >= 4 is 8.25 Å². The molecule has 0 N–H and O–H groups in total. The Morgan fingerprint density at radius 3 is 0.917 bits per heavy atom. The zero-order chi connectivity index (χ0) is 7.82. The first-order valence-electron chi connectivity index (χ1n) is 2.61. The Morgan fingerprint density at radius 1 is 0.750 bits per heavy atom. The summed E-state index contributed by atoms with van der Waals surface area (Å²) in [7, 11) is -3.63. The molecule has 0 fully saturated rings. The van der Waals surface area contributed by atoms with Gasteiger partial charge in [-0.3, -0.25) is 0 Å². The second-order valence-corrected chi connectivity index (χ2v) is 1.90. The zero-order valence-corrected chi connectivity index (χ0v) is 12.2. The second kappa shape index (κ2) is 14.9. The molecule has 0 bridgehead atoms. The van der Waals surface area contributed by atoms with Crippen molar-refractivity contribution in [2.75, 3.05) is 0 Å². The summed E-state index contributed by atoms with van der Waals surface area (Å²) in [6.07, 6.45) is 0. The second-order valence-electron chi connectivity index (χ2n) is 1.40. The molecule has 1 rings (SSSR count). The van der Waals surface area contributed by atoms with Crippen molar-refractivity contribution < 1.29 is 73.5 Å². The predicted octanol–water partition coefficient (Wildman–Crippen LogP) is -6.21. The maximum absolute atomic E-state index is 8.52. The molecule has 0 spiro atoms. The van der Waals surface area contributed by atoms with Gasteiger partial charge in [0.05, 0.1) is 0 Å². The van der Waals surface area contributed by atoms with Gasteiger partial charge in [0.25, 0.3) is 0 Å². The molecular formula is C6H7Na2O3P. The van der Waals surface area contributed by atoms with Gasteiger partial charge in [-0.05, 0) is 0 Å². The van der Waals surface area contributed by atoms with Gasteiger partial charge in [0.2, 0.25) is 0 Å². The largest absolute Gasteiger partial charge is 1.00 e. The summed E-state index contributed by atoms with van der Waals surface area (Å²) in [5, 5.41) is 0. The third-order valence-electron chi connectivity index (χ3n) is 0.667. The van der Waals surface area contributed by atoms with E-state index < -0.39 is 8.25 Å². The van der Waals surface area contributed by atoms with E-state index in [9.17, 15) is 0 Å². The van der Waals surface area contributed by atoms with E-state index in [1.807, 2.05) is 36.4 Å². The normalized spacial score (nSPS) is 6.92. The molecule has 0 amide bonds. The molecule has 0 radical (unpaired) electrons. The van der Waals surface area contributed by atoms with Crippen molar-refractivity contribution in [1.29, 1.82) is 0 Å². The minimum Gasteiger partial charge on any atom is -0.813 e. The molecule has 0 saturated heterocycles. The average Bonchev–Trinajstić information content (AvgIpc) is 1.90. The third-order valence-corrected chi connectivity index (χ3v) is 0.667. The van der Waals surface area contributed by atoms with Gasteiger partial charge in [0.1, 0.15) is 0 Å². The van der Waals surface area contributed by atoms with Crippen LogP contribution in [-0.2, 0) is 4.57 Å². The van der Waals surface area contributed by atoms with Crippen molar-refractivity contribution in [3.63, 3.8) is 0 Å². The number of rotatable bonds is 0. The maximum atomic E-state index is 8.52. The zero-order valence-electron chi connectivity index (χ0n) is 7.19. The summed E-state index contributed by atoms with van der Waals surface area (Å²) in [6, 6.07) is 12.0. The summed E-state index contributed by atoms with van der Waals surface area (Å²) < 4.78 is 8.52. The van der Waals surface area contributed by atoms with Crippen molar-refractivity contribution in [3.05, 3.63) is 36.4 Å². The molecule has 6 heteroatoms. The van der Waals surface area contributed by atoms with E-state index in [2.05, 4.69) is 0 Å². The molecule has 0 aliphatic heterocycles. The molecule has 0 saturated carbocycles. The average molecular weight is 204 g/mol. The molecule has 0 heterocycles. The minimum atomic E-state index is -3.63. The molecule has 1 aromatic carbocycles. The molecule has 3 nitrogen and oxygen atoms in total. The van der Waals surface area contributed by atoms with Crippen LogP contribution in [0.1, 0.15) is 0 Å². The number of benzene rings is 1. The van der Waals surface area contributed by atoms with Gasteiger partial charge in [0, 0.05) is 0 Å². The Kier molecular flexibility index (Phi) is 23.6. The molecule has 0 atom stereocenters. The van der Waals surface area contributed by atoms with Crippen LogP contribution >= 0.6 is 8.25 Å². The van der Waals surface area contributed by atoms with Crippen LogP contribution in [0.4, 0.5) is 0 Å². The Morgan fingerprint density at radius 2 is 0.833 bits per heavy atom. The number of hydrogen-bond acceptors (Lipinski definition) is 3. The summed E-state index contributed by atoms with van der Waals surface area (Å²) in [5.74, 6) is 0. The first kappa shape index (κ1) is 19.0. The van der Waals surface area contributed by atoms with Crippen LogP contribution in [-0.4, -0.2) is 0 Å². The van der Waals surface area contributed by atoms with Gasteiger partial charge >= 0.3 is 59.1 Å². The van der Waals surface area contributed by atoms with Gasteiger partial charge in [-0.2, -0.15) is 0 Å². The molecule has 0 aliphatic rings. The summed E-state index contributed by atoms with van der Waals surface area (Å²) in [6.45, 7) is 0. The smallest absolute Gasteiger partial charge is 0.813 e. The van der Waals surface area contributed by atoms with E-state index >= 15 is 0 Å². The van der Waals surface area contributed by atoms with Crippen LogP contribution in [0.25, 0.3) is 0 Å². The fourth-order valence-electron chi connectivity index (χ4n) is 0.385. The SMILES string of the molecule is O=[PH]([O-])[O-].[Na+].[Na+].c1ccccc1. The monoisotopic (exact) mass is 204 g/mol. The molecular weight excluding hydrogens is 197 g/mol. The quantitative estimate of drug-likeness (QED) is 0.312. The molecule has 0 unspecified atom stereocenters. The van der Waals surface area contributed by atoms with Gasteiger partial charge < -0.3 is 14.4 Å². The molecule has 1 aromatic rings. The molecule has 0 aromatic heterocycles. The van der Waals surface area contributed by atoms with E-state index in [0.29, 0.717) is 0 Å². The van der Waals surface area contributed by atoms with Crippen LogP contribution in [0.2, 0.25) is 0 Å². The number of hydrogen-bond donors (Lipinski definition) is 0. The summed E-state index contributed by atoms with van der Waals surface area (Å²) in [5.41, 5.74) is 0. The van der Waals surface area contributed by atoms with Gasteiger partial charge in [-0.25, -0.2) is 0 Å². The fourth-order valence-corrected chi connectivity index (χ4v) is 0.385. The Balaban J connectivity index is -0.000000124. The van der Waals surface area contributed by atoms with Gasteiger partial charge in [-0.15, -0.1) is 0 Å². The van der Waals surface area contributed by atoms with E-state index in [1.54, 1.807) is 0 Å². The summed E-state index contributed by atoms with van der Waals surface area (Å²) in [4.78, 5) is 17.0. The van der Waals surface area contributed by atoms with Crippen molar-refractivity contribution in [2.24, 2.45) is 0 Å². The van der Waals surface area contributed by atoms with Crippen molar-refractivity contribution in [3.8, 4) is 0 Å². The van der Waals surface area contributed by atoms with Gasteiger partial charge in [0.15, 0.2) is 0 Å². The van der Waals surface area contributed by atoms with Crippen LogP contribution in [0, 0.1) is 0 Å². The van der Waals surface area contributed by atoms with Gasteiger partial charge in [-0.1, -0.05) is 44.7 Å². The van der Waals surface area contributed by atoms with E-state index in [-0.39, 0.29) is 59.1 Å². The molecule has 56 valence electrons. The van der Waals surface area contributed by atoms with Crippen LogP contribution < -0.4 is 68.9 Å². The van der Waals surface area contributed by atoms with Crippen molar-refractivity contribution in [1.82, 2.24) is 0 Å². The molecule has 12 heavy (non-hydrogen) atoms. The van der Waals surface area contributed by atoms with Crippen LogP contribution in [0.15, 0.2) is 36.4 Å². The Hall–Kier alpha value is 1.37. The Bertz CT molecular complexity index is 153. The standard InChI is InChI=1S/C6H6.2Na.H3O3P/c1-2-4-6-5-3-1;;;1-4(2)3/h1-6H;;;4H,(H2,1,2,3)/q;2*+1;/p-2. The van der Waals surface area contributed by atoms with E-state index in [0.717, 1.165) is 0 Å². The van der Waals surface area contributed by atoms with E-state index in [1.165, 1.54) is 0 Å². The topological polar surface area (TPSA) is 63.2 Å². The first-order chi connectivity index (χ1) is 4.73.